The van der Waals surface area contributed by atoms with Crippen LogP contribution in [0, 0.1) is 23.2 Å². The molecule has 1 aliphatic heterocycles. The molecule has 1 atom stereocenters. The molecule has 5 rings (SSSR count). The second-order valence-electron chi connectivity index (χ2n) is 8.12. The zero-order valence-corrected chi connectivity index (χ0v) is 13.7. The van der Waals surface area contributed by atoms with Crippen molar-refractivity contribution in [1.29, 1.82) is 0 Å². The summed E-state index contributed by atoms with van der Waals surface area (Å²) in [6.07, 6.45) is 11.6. The van der Waals surface area contributed by atoms with Gasteiger partial charge in [0.05, 0.1) is 6.10 Å². The first-order chi connectivity index (χ1) is 10.2. The molecule has 0 aromatic rings. The third-order valence-corrected chi connectivity index (χ3v) is 6.59. The van der Waals surface area contributed by atoms with Crippen LogP contribution in [0.3, 0.4) is 0 Å². The van der Waals surface area contributed by atoms with Gasteiger partial charge >= 0.3 is 0 Å². The number of thiocarbonyl (C=S) groups is 1. The molecular weight excluding hydrogens is 280 g/mol. The van der Waals surface area contributed by atoms with Crippen molar-refractivity contribution >= 4 is 17.3 Å². The minimum Gasteiger partial charge on any atom is -0.376 e. The van der Waals surface area contributed by atoms with E-state index in [1.807, 2.05) is 0 Å². The van der Waals surface area contributed by atoms with Crippen molar-refractivity contribution in [2.24, 2.45) is 23.2 Å². The minimum absolute atomic E-state index is 0.365. The van der Waals surface area contributed by atoms with E-state index in [1.54, 1.807) is 0 Å². The highest BCUT2D eigenvalue weighted by Crippen LogP contribution is 2.59. The molecule has 0 spiro atoms. The number of nitrogens with one attached hydrogen (secondary N) is 2. The maximum absolute atomic E-state index is 5.63. The van der Waals surface area contributed by atoms with Crippen molar-refractivity contribution in [2.75, 3.05) is 19.7 Å². The fourth-order valence-corrected chi connectivity index (χ4v) is 6.00. The molecule has 0 unspecified atom stereocenters. The van der Waals surface area contributed by atoms with E-state index >= 15 is 0 Å². The zero-order valence-electron chi connectivity index (χ0n) is 12.9. The SMILES string of the molecule is S=C(NC[C@@H]1CCCO1)NCC12CC3CC(CC(C3)C1)C2. The lowest BCUT2D eigenvalue weighted by molar-refractivity contribution is -0.0491. The number of hydrogen-bond acceptors (Lipinski definition) is 2. The summed E-state index contributed by atoms with van der Waals surface area (Å²) in [6.45, 7) is 2.88. The van der Waals surface area contributed by atoms with E-state index in [2.05, 4.69) is 10.6 Å². The Morgan fingerprint density at radius 1 is 1.05 bits per heavy atom. The third kappa shape index (κ3) is 3.07. The van der Waals surface area contributed by atoms with Gasteiger partial charge in [0.1, 0.15) is 0 Å². The number of ether oxygens (including phenoxy) is 1. The summed E-state index contributed by atoms with van der Waals surface area (Å²) < 4.78 is 5.63. The summed E-state index contributed by atoms with van der Waals surface area (Å²) >= 11 is 5.46. The highest BCUT2D eigenvalue weighted by atomic mass is 32.1. The topological polar surface area (TPSA) is 33.3 Å². The van der Waals surface area contributed by atoms with Crippen molar-refractivity contribution in [2.45, 2.75) is 57.5 Å². The van der Waals surface area contributed by atoms with Crippen LogP contribution in [-0.4, -0.2) is 30.9 Å². The average Bonchev–Trinajstić information content (AvgIpc) is 2.95. The lowest BCUT2D eigenvalue weighted by atomic mass is 9.49. The van der Waals surface area contributed by atoms with E-state index in [0.717, 1.165) is 42.6 Å². The van der Waals surface area contributed by atoms with Gasteiger partial charge < -0.3 is 15.4 Å². The Morgan fingerprint density at radius 2 is 1.71 bits per heavy atom. The molecule has 21 heavy (non-hydrogen) atoms. The van der Waals surface area contributed by atoms with Gasteiger partial charge in [0.25, 0.3) is 0 Å². The molecule has 4 heteroatoms. The van der Waals surface area contributed by atoms with Crippen molar-refractivity contribution < 1.29 is 4.74 Å². The van der Waals surface area contributed by atoms with Crippen LogP contribution >= 0.6 is 12.2 Å². The Hall–Kier alpha value is -0.350. The molecular formula is C17H28N2OS. The second kappa shape index (κ2) is 5.69. The molecule has 4 bridgehead atoms. The molecule has 4 saturated carbocycles. The summed E-state index contributed by atoms with van der Waals surface area (Å²) in [7, 11) is 0. The van der Waals surface area contributed by atoms with Crippen LogP contribution in [-0.2, 0) is 4.74 Å². The van der Waals surface area contributed by atoms with Gasteiger partial charge in [-0.1, -0.05) is 0 Å². The molecule has 1 saturated heterocycles. The number of rotatable bonds is 4. The molecule has 4 aliphatic carbocycles. The molecule has 1 heterocycles. The van der Waals surface area contributed by atoms with E-state index in [-0.39, 0.29) is 0 Å². The largest absolute Gasteiger partial charge is 0.376 e. The van der Waals surface area contributed by atoms with Gasteiger partial charge in [-0.2, -0.15) is 0 Å². The smallest absolute Gasteiger partial charge is 0.166 e. The van der Waals surface area contributed by atoms with Crippen molar-refractivity contribution in [1.82, 2.24) is 10.6 Å². The molecule has 3 nitrogen and oxygen atoms in total. The summed E-state index contributed by atoms with van der Waals surface area (Å²) in [4.78, 5) is 0. The first kappa shape index (κ1) is 14.3. The first-order valence-electron chi connectivity index (χ1n) is 8.84. The molecule has 0 radical (unpaired) electrons. The van der Waals surface area contributed by atoms with Crippen LogP contribution in [0.1, 0.15) is 51.4 Å². The van der Waals surface area contributed by atoms with E-state index in [0.29, 0.717) is 11.5 Å². The maximum atomic E-state index is 5.63. The standard InChI is InChI=1S/C17H28N2OS/c21-16(18-10-15-2-1-3-20-15)19-11-17-7-12-4-13(8-17)6-14(5-12)9-17/h12-15H,1-11H2,(H2,18,19,21)/t12?,13?,14?,15-,17?/m0/s1. The highest BCUT2D eigenvalue weighted by molar-refractivity contribution is 7.80. The second-order valence-corrected chi connectivity index (χ2v) is 8.52. The Bertz CT molecular complexity index is 370. The fraction of sp³-hybridized carbons (Fsp3) is 0.941. The van der Waals surface area contributed by atoms with Gasteiger partial charge in [-0.05, 0) is 86.8 Å². The van der Waals surface area contributed by atoms with Gasteiger partial charge in [0.15, 0.2) is 5.11 Å². The summed E-state index contributed by atoms with van der Waals surface area (Å²) in [5.41, 5.74) is 0.560. The maximum Gasteiger partial charge on any atom is 0.166 e. The molecule has 5 fully saturated rings. The molecule has 0 aromatic heterocycles. The molecule has 2 N–H and O–H groups in total. The van der Waals surface area contributed by atoms with Crippen molar-refractivity contribution in [3.05, 3.63) is 0 Å². The van der Waals surface area contributed by atoms with Crippen LogP contribution in [0.25, 0.3) is 0 Å². The molecule has 0 aromatic carbocycles. The summed E-state index contributed by atoms with van der Waals surface area (Å²) in [5, 5.41) is 7.72. The zero-order chi connectivity index (χ0) is 14.3. The summed E-state index contributed by atoms with van der Waals surface area (Å²) in [6, 6.07) is 0. The van der Waals surface area contributed by atoms with E-state index < -0.39 is 0 Å². The van der Waals surface area contributed by atoms with Crippen molar-refractivity contribution in [3.8, 4) is 0 Å². The van der Waals surface area contributed by atoms with Gasteiger partial charge in [0.2, 0.25) is 0 Å². The molecule has 118 valence electrons. The third-order valence-electron chi connectivity index (χ3n) is 6.30. The normalized spacial score (nSPS) is 44.0. The van der Waals surface area contributed by atoms with Gasteiger partial charge in [-0.15, -0.1) is 0 Å². The van der Waals surface area contributed by atoms with Gasteiger partial charge in [-0.3, -0.25) is 0 Å². The lowest BCUT2D eigenvalue weighted by Crippen LogP contribution is -2.52. The quantitative estimate of drug-likeness (QED) is 0.783. The highest BCUT2D eigenvalue weighted by Gasteiger charge is 2.50. The van der Waals surface area contributed by atoms with E-state index in [1.165, 1.54) is 51.4 Å². The summed E-state index contributed by atoms with van der Waals surface area (Å²) in [5.74, 6) is 3.06. The Labute approximate surface area is 133 Å². The van der Waals surface area contributed by atoms with Crippen LogP contribution in [0.2, 0.25) is 0 Å². The first-order valence-corrected chi connectivity index (χ1v) is 9.25. The van der Waals surface area contributed by atoms with Crippen LogP contribution in [0.15, 0.2) is 0 Å². The molecule has 5 aliphatic rings. The van der Waals surface area contributed by atoms with Gasteiger partial charge in [-0.25, -0.2) is 0 Å². The van der Waals surface area contributed by atoms with Crippen LogP contribution < -0.4 is 10.6 Å². The van der Waals surface area contributed by atoms with Gasteiger partial charge in [0, 0.05) is 19.7 Å². The average molecular weight is 308 g/mol. The lowest BCUT2D eigenvalue weighted by Gasteiger charge is -2.57. The minimum atomic E-state index is 0.365. The number of hydrogen-bond donors (Lipinski definition) is 2. The Kier molecular flexibility index (Phi) is 3.86. The Balaban J connectivity index is 1.25. The predicted molar refractivity (Wildman–Crippen MR) is 88.2 cm³/mol. The van der Waals surface area contributed by atoms with Crippen molar-refractivity contribution in [3.63, 3.8) is 0 Å². The molecule has 0 amide bonds. The monoisotopic (exact) mass is 308 g/mol. The van der Waals surface area contributed by atoms with Crippen LogP contribution in [0.4, 0.5) is 0 Å². The van der Waals surface area contributed by atoms with Crippen LogP contribution in [0.5, 0.6) is 0 Å². The predicted octanol–water partition coefficient (Wildman–Crippen LogP) is 2.85. The fourth-order valence-electron chi connectivity index (χ4n) is 5.85. The van der Waals surface area contributed by atoms with E-state index in [4.69, 9.17) is 17.0 Å². The Morgan fingerprint density at radius 3 is 2.29 bits per heavy atom. The van der Waals surface area contributed by atoms with E-state index in [9.17, 15) is 0 Å².